The third-order valence-electron chi connectivity index (χ3n) is 3.89. The zero-order valence-electron chi connectivity index (χ0n) is 16.5. The van der Waals surface area contributed by atoms with Crippen LogP contribution in [0, 0.1) is 0 Å². The van der Waals surface area contributed by atoms with Gasteiger partial charge in [0, 0.05) is 5.97 Å². The quantitative estimate of drug-likeness (QED) is 0.772. The van der Waals surface area contributed by atoms with Gasteiger partial charge in [-0.15, -0.1) is 0 Å². The summed E-state index contributed by atoms with van der Waals surface area (Å²) in [5, 5.41) is 11.8. The number of carbonyl (C=O) groups is 1. The highest BCUT2D eigenvalue weighted by Gasteiger charge is 2.15. The molecule has 136 valence electrons. The summed E-state index contributed by atoms with van der Waals surface area (Å²) in [6.07, 6.45) is 0. The van der Waals surface area contributed by atoms with Crippen molar-refractivity contribution in [2.45, 2.75) is 59.3 Å². The predicted molar refractivity (Wildman–Crippen MR) is 110 cm³/mol. The molecule has 0 amide bonds. The SMILES string of the molecule is CC(=O)[O-].CC(C)(C)c1ccc([PH2+]c2ccc(C(C)(C)C)cc2)cc1. The maximum Gasteiger partial charge on any atom is 0.0942 e. The first-order valence-electron chi connectivity index (χ1n) is 8.63. The third kappa shape index (κ3) is 7.84. The van der Waals surface area contributed by atoms with Gasteiger partial charge in [-0.25, -0.2) is 0 Å². The lowest BCUT2D eigenvalue weighted by atomic mass is 9.87. The predicted octanol–water partition coefficient (Wildman–Crippen LogP) is 3.40. The van der Waals surface area contributed by atoms with Gasteiger partial charge < -0.3 is 9.90 Å². The van der Waals surface area contributed by atoms with Gasteiger partial charge in [0.2, 0.25) is 0 Å². The van der Waals surface area contributed by atoms with E-state index in [0.717, 1.165) is 6.92 Å². The number of aliphatic carboxylic acids is 1. The Kier molecular flexibility index (Phi) is 7.38. The molecule has 2 aromatic rings. The van der Waals surface area contributed by atoms with E-state index in [1.807, 2.05) is 0 Å². The lowest BCUT2D eigenvalue weighted by molar-refractivity contribution is -0.302. The first kappa shape index (κ1) is 21.4. The Hall–Kier alpha value is -1.66. The first-order valence-corrected chi connectivity index (χ1v) is 9.78. The minimum Gasteiger partial charge on any atom is -0.550 e. The Bertz CT molecular complexity index is 612. The van der Waals surface area contributed by atoms with E-state index in [-0.39, 0.29) is 19.4 Å². The smallest absolute Gasteiger partial charge is 0.0942 e. The van der Waals surface area contributed by atoms with E-state index in [4.69, 9.17) is 9.90 Å². The molecule has 0 fully saturated rings. The topological polar surface area (TPSA) is 40.1 Å². The van der Waals surface area contributed by atoms with E-state index in [1.54, 1.807) is 0 Å². The monoisotopic (exact) mass is 358 g/mol. The first-order chi connectivity index (χ1) is 11.4. The van der Waals surface area contributed by atoms with Crippen LogP contribution in [0.25, 0.3) is 0 Å². The molecular weight excluding hydrogens is 327 g/mol. The van der Waals surface area contributed by atoms with Crippen molar-refractivity contribution in [1.29, 1.82) is 0 Å². The zero-order valence-corrected chi connectivity index (χ0v) is 17.7. The highest BCUT2D eigenvalue weighted by molar-refractivity contribution is 7.55. The Morgan fingerprint density at radius 2 is 0.960 bits per heavy atom. The molecule has 0 saturated heterocycles. The maximum absolute atomic E-state index is 8.89. The van der Waals surface area contributed by atoms with Crippen molar-refractivity contribution in [3.63, 3.8) is 0 Å². The molecule has 0 bridgehead atoms. The molecule has 0 radical (unpaired) electrons. The van der Waals surface area contributed by atoms with Crippen LogP contribution >= 0.6 is 8.58 Å². The normalized spacial score (nSPS) is 11.5. The number of carboxylic acid groups (broad SMARTS) is 1. The molecule has 0 saturated carbocycles. The second kappa shape index (κ2) is 8.63. The summed E-state index contributed by atoms with van der Waals surface area (Å²) < 4.78 is 0. The molecule has 0 N–H and O–H groups in total. The average molecular weight is 358 g/mol. The van der Waals surface area contributed by atoms with Crippen LogP contribution < -0.4 is 15.7 Å². The van der Waals surface area contributed by atoms with Gasteiger partial charge in [-0.1, -0.05) is 65.8 Å². The summed E-state index contributed by atoms with van der Waals surface area (Å²) >= 11 is 0. The molecule has 0 atom stereocenters. The van der Waals surface area contributed by atoms with Crippen molar-refractivity contribution < 1.29 is 9.90 Å². The summed E-state index contributed by atoms with van der Waals surface area (Å²) in [4.78, 5) is 8.89. The molecular formula is C22H31O2P. The Morgan fingerprint density at radius 3 is 1.16 bits per heavy atom. The van der Waals surface area contributed by atoms with E-state index < -0.39 is 5.97 Å². The average Bonchev–Trinajstić information content (AvgIpc) is 2.46. The van der Waals surface area contributed by atoms with Crippen LogP contribution in [0.4, 0.5) is 0 Å². The van der Waals surface area contributed by atoms with Gasteiger partial charge in [0.15, 0.2) is 0 Å². The van der Waals surface area contributed by atoms with Crippen LogP contribution in [0.15, 0.2) is 48.5 Å². The van der Waals surface area contributed by atoms with E-state index >= 15 is 0 Å². The Balaban J connectivity index is 0.000000705. The highest BCUT2D eigenvalue weighted by Crippen LogP contribution is 2.24. The number of benzene rings is 2. The Labute approximate surface area is 154 Å². The van der Waals surface area contributed by atoms with Crippen LogP contribution in [-0.4, -0.2) is 5.97 Å². The third-order valence-corrected chi connectivity index (χ3v) is 5.32. The molecule has 0 aliphatic carbocycles. The fraction of sp³-hybridized carbons (Fsp3) is 0.409. The molecule has 0 spiro atoms. The minimum absolute atomic E-state index is 0.191. The van der Waals surface area contributed by atoms with Gasteiger partial charge in [0.05, 0.1) is 19.2 Å². The van der Waals surface area contributed by atoms with Gasteiger partial charge in [0.1, 0.15) is 0 Å². The van der Waals surface area contributed by atoms with Crippen LogP contribution in [0.5, 0.6) is 0 Å². The molecule has 0 aliphatic rings. The van der Waals surface area contributed by atoms with Crippen LogP contribution in [0.2, 0.25) is 0 Å². The molecule has 0 heterocycles. The van der Waals surface area contributed by atoms with Gasteiger partial charge >= 0.3 is 0 Å². The van der Waals surface area contributed by atoms with Crippen molar-refractivity contribution in [3.8, 4) is 0 Å². The largest absolute Gasteiger partial charge is 0.550 e. The van der Waals surface area contributed by atoms with Crippen molar-refractivity contribution in [3.05, 3.63) is 59.7 Å². The summed E-state index contributed by atoms with van der Waals surface area (Å²) in [5.74, 6) is -1.08. The Morgan fingerprint density at radius 1 is 0.720 bits per heavy atom. The van der Waals surface area contributed by atoms with Gasteiger partial charge in [-0.3, -0.25) is 0 Å². The number of carboxylic acids is 1. The number of hydrogen-bond acceptors (Lipinski definition) is 2. The second-order valence-corrected chi connectivity index (χ2v) is 10.0. The number of rotatable bonds is 2. The van der Waals surface area contributed by atoms with Crippen molar-refractivity contribution in [1.82, 2.24) is 0 Å². The van der Waals surface area contributed by atoms with Gasteiger partial charge in [-0.2, -0.15) is 0 Å². The molecule has 0 aromatic heterocycles. The zero-order chi connectivity index (χ0) is 19.3. The number of hydrogen-bond donors (Lipinski definition) is 0. The van der Waals surface area contributed by atoms with E-state index in [0.29, 0.717) is 0 Å². The standard InChI is InChI=1S/C20H27P.C2H4O2/c1-19(2,3)15-7-11-17(12-8-15)21-18-13-9-16(10-14-18)20(4,5)6;1-2(3)4/h7-14,21H,1-6H3;1H3,(H,3,4). The molecule has 0 unspecified atom stereocenters. The molecule has 3 heteroatoms. The molecule has 0 aliphatic heterocycles. The lowest BCUT2D eigenvalue weighted by Gasteiger charge is -2.19. The van der Waals surface area contributed by atoms with Gasteiger partial charge in [0.25, 0.3) is 0 Å². The van der Waals surface area contributed by atoms with Crippen LogP contribution in [0.1, 0.15) is 59.6 Å². The van der Waals surface area contributed by atoms with Crippen molar-refractivity contribution in [2.75, 3.05) is 0 Å². The molecule has 2 aromatic carbocycles. The fourth-order valence-corrected chi connectivity index (χ4v) is 3.51. The summed E-state index contributed by atoms with van der Waals surface area (Å²) in [6, 6.07) is 18.3. The number of carbonyl (C=O) groups excluding carboxylic acids is 1. The lowest BCUT2D eigenvalue weighted by Crippen LogP contribution is -2.16. The van der Waals surface area contributed by atoms with Crippen LogP contribution in [-0.2, 0) is 15.6 Å². The second-order valence-electron chi connectivity index (χ2n) is 8.38. The van der Waals surface area contributed by atoms with Crippen molar-refractivity contribution in [2.24, 2.45) is 0 Å². The fourth-order valence-electron chi connectivity index (χ4n) is 2.35. The molecule has 25 heavy (non-hydrogen) atoms. The summed E-state index contributed by atoms with van der Waals surface area (Å²) in [5.41, 5.74) is 3.30. The van der Waals surface area contributed by atoms with E-state index in [1.165, 1.54) is 21.7 Å². The minimum atomic E-state index is -1.08. The van der Waals surface area contributed by atoms with E-state index in [9.17, 15) is 0 Å². The van der Waals surface area contributed by atoms with Crippen LogP contribution in [0.3, 0.4) is 0 Å². The molecule has 2 rings (SSSR count). The molecule has 2 nitrogen and oxygen atoms in total. The summed E-state index contributed by atoms with van der Waals surface area (Å²) in [7, 11) is 0.191. The summed E-state index contributed by atoms with van der Waals surface area (Å²) in [6.45, 7) is 14.6. The maximum atomic E-state index is 8.89. The highest BCUT2D eigenvalue weighted by atomic mass is 31.1. The van der Waals surface area contributed by atoms with E-state index in [2.05, 4.69) is 90.1 Å². The van der Waals surface area contributed by atoms with Crippen molar-refractivity contribution >= 4 is 25.2 Å². The van der Waals surface area contributed by atoms with Gasteiger partial charge in [-0.05, 0) is 53.1 Å².